The molecule has 2 fully saturated rings. The number of amides is 2. The number of likely N-dealkylation sites (tertiary alicyclic amines) is 1. The Kier molecular flexibility index (Phi) is 10.3. The third-order valence-electron chi connectivity index (χ3n) is 10.2. The second-order valence-corrected chi connectivity index (χ2v) is 16.6. The van der Waals surface area contributed by atoms with Gasteiger partial charge in [0.1, 0.15) is 11.3 Å². The van der Waals surface area contributed by atoms with Gasteiger partial charge in [0.25, 0.3) is 0 Å². The molecule has 1 atom stereocenters. The number of hydrogen-bond acceptors (Lipinski definition) is 9. The number of carbonyl (C=O) groups is 2. The number of benzene rings is 2. The largest absolute Gasteiger partial charge is 0.444 e. The summed E-state index contributed by atoms with van der Waals surface area (Å²) in [5.74, 6) is 0.420. The lowest BCUT2D eigenvalue weighted by molar-refractivity contribution is -0.0368. The van der Waals surface area contributed by atoms with Crippen molar-refractivity contribution in [3.63, 3.8) is 0 Å². The van der Waals surface area contributed by atoms with Crippen LogP contribution in [0.5, 0.6) is 0 Å². The van der Waals surface area contributed by atoms with Gasteiger partial charge in [-0.2, -0.15) is 10.1 Å². The SMILES string of the molecule is Cc1cc(-c2nn(C3CCCCO3)c3ncc(-c4ccc(C5CCN(C(=O)OC(C)(C)C)CC5)cc4)cc23)ccc1CNC(=O)c1nc(C(C)(C)C)no1. The third-order valence-corrected chi connectivity index (χ3v) is 10.2. The molecule has 12 heteroatoms. The first kappa shape index (κ1) is 37.2. The first-order chi connectivity index (χ1) is 25.7. The minimum atomic E-state index is -0.496. The quantitative estimate of drug-likeness (QED) is 0.175. The number of ether oxygens (including phenoxy) is 2. The van der Waals surface area contributed by atoms with Crippen molar-refractivity contribution in [2.24, 2.45) is 0 Å². The standard InChI is InChI=1S/C42H51N7O5/c1-26-22-30(15-16-31(26)24-44-37(50)38-45-39(47-54-38)41(2,3)4)35-33-23-32(25-43-36(33)49(46-35)34-10-8-9-21-52-34)28-13-11-27(12-14-28)29-17-19-48(20-18-29)40(51)53-42(5,6)7/h11-16,22-23,25,29,34H,8-10,17-21,24H2,1-7H3,(H,44,50). The van der Waals surface area contributed by atoms with E-state index in [0.29, 0.717) is 38.0 Å². The molecule has 12 nitrogen and oxygen atoms in total. The number of nitrogens with zero attached hydrogens (tertiary/aromatic N) is 6. The van der Waals surface area contributed by atoms with Gasteiger partial charge >= 0.3 is 17.9 Å². The Bertz CT molecular complexity index is 2130. The summed E-state index contributed by atoms with van der Waals surface area (Å²) in [7, 11) is 0. The van der Waals surface area contributed by atoms with E-state index in [2.05, 4.69) is 51.9 Å². The molecule has 0 radical (unpaired) electrons. The summed E-state index contributed by atoms with van der Waals surface area (Å²) in [6, 6.07) is 17.1. The number of hydrogen-bond donors (Lipinski definition) is 1. The van der Waals surface area contributed by atoms with E-state index in [-0.39, 0.29) is 23.6 Å². The molecule has 284 valence electrons. The Morgan fingerprint density at radius 2 is 1.67 bits per heavy atom. The van der Waals surface area contributed by atoms with Crippen LogP contribution >= 0.6 is 0 Å². The molecule has 7 rings (SSSR count). The van der Waals surface area contributed by atoms with Gasteiger partial charge < -0.3 is 24.2 Å². The average Bonchev–Trinajstić information content (AvgIpc) is 3.81. The molecule has 0 aliphatic carbocycles. The molecule has 2 aliphatic heterocycles. The zero-order chi connectivity index (χ0) is 38.2. The molecule has 2 aromatic carbocycles. The predicted octanol–water partition coefficient (Wildman–Crippen LogP) is 8.50. The lowest BCUT2D eigenvalue weighted by Gasteiger charge is -2.33. The Labute approximate surface area is 316 Å². The van der Waals surface area contributed by atoms with Gasteiger partial charge in [-0.15, -0.1) is 0 Å². The second kappa shape index (κ2) is 15.0. The lowest BCUT2D eigenvalue weighted by atomic mass is 9.88. The summed E-state index contributed by atoms with van der Waals surface area (Å²) in [6.45, 7) is 16.0. The van der Waals surface area contributed by atoms with Crippen molar-refractivity contribution in [3.05, 3.63) is 83.1 Å². The minimum Gasteiger partial charge on any atom is -0.444 e. The van der Waals surface area contributed by atoms with Gasteiger partial charge in [0, 0.05) is 54.4 Å². The summed E-state index contributed by atoms with van der Waals surface area (Å²) >= 11 is 0. The highest BCUT2D eigenvalue weighted by Crippen LogP contribution is 2.36. The normalized spacial score (nSPS) is 17.2. The van der Waals surface area contributed by atoms with E-state index in [1.165, 1.54) is 5.56 Å². The van der Waals surface area contributed by atoms with Gasteiger partial charge in [0.05, 0.1) is 0 Å². The monoisotopic (exact) mass is 733 g/mol. The fourth-order valence-corrected chi connectivity index (χ4v) is 7.09. The maximum atomic E-state index is 12.8. The molecule has 5 aromatic rings. The number of fused-ring (bicyclic) bond motifs is 1. The number of aryl methyl sites for hydroxylation is 1. The van der Waals surface area contributed by atoms with Gasteiger partial charge in [-0.05, 0) is 100 Å². The molecule has 0 bridgehead atoms. The third kappa shape index (κ3) is 8.18. The van der Waals surface area contributed by atoms with E-state index >= 15 is 0 Å². The lowest BCUT2D eigenvalue weighted by Crippen LogP contribution is -2.41. The minimum absolute atomic E-state index is 0.0466. The maximum Gasteiger partial charge on any atom is 0.410 e. The molecule has 2 amide bonds. The number of carbonyl (C=O) groups excluding carboxylic acids is 2. The van der Waals surface area contributed by atoms with E-state index in [0.717, 1.165) is 76.6 Å². The molecule has 1 N–H and O–H groups in total. The van der Waals surface area contributed by atoms with E-state index < -0.39 is 11.5 Å². The summed E-state index contributed by atoms with van der Waals surface area (Å²) < 4.78 is 18.9. The summed E-state index contributed by atoms with van der Waals surface area (Å²) in [5, 5.41) is 13.0. The van der Waals surface area contributed by atoms with Crippen LogP contribution < -0.4 is 5.32 Å². The van der Waals surface area contributed by atoms with E-state index in [9.17, 15) is 9.59 Å². The maximum absolute atomic E-state index is 12.8. The molecule has 2 aliphatic rings. The van der Waals surface area contributed by atoms with Crippen LogP contribution in [-0.4, -0.2) is 67.1 Å². The van der Waals surface area contributed by atoms with Crippen LogP contribution in [-0.2, 0) is 21.4 Å². The van der Waals surface area contributed by atoms with Crippen molar-refractivity contribution < 1.29 is 23.6 Å². The van der Waals surface area contributed by atoms with Crippen molar-refractivity contribution in [2.75, 3.05) is 19.7 Å². The highest BCUT2D eigenvalue weighted by Gasteiger charge is 2.28. The number of piperidine rings is 1. The Hall–Kier alpha value is -5.10. The van der Waals surface area contributed by atoms with Crippen LogP contribution in [0.4, 0.5) is 4.79 Å². The molecule has 1 unspecified atom stereocenters. The number of nitrogens with one attached hydrogen (secondary N) is 1. The topological polar surface area (TPSA) is 138 Å². The van der Waals surface area contributed by atoms with Crippen LogP contribution in [0, 0.1) is 6.92 Å². The van der Waals surface area contributed by atoms with Gasteiger partial charge in [-0.3, -0.25) is 4.79 Å². The van der Waals surface area contributed by atoms with Crippen molar-refractivity contribution >= 4 is 23.0 Å². The van der Waals surface area contributed by atoms with Crippen LogP contribution in [0.25, 0.3) is 33.4 Å². The summed E-state index contributed by atoms with van der Waals surface area (Å²) in [6.07, 6.45) is 6.32. The average molecular weight is 734 g/mol. The second-order valence-electron chi connectivity index (χ2n) is 16.6. The van der Waals surface area contributed by atoms with Crippen LogP contribution in [0.3, 0.4) is 0 Å². The molecule has 0 saturated carbocycles. The van der Waals surface area contributed by atoms with E-state index in [1.54, 1.807) is 0 Å². The smallest absolute Gasteiger partial charge is 0.410 e. The van der Waals surface area contributed by atoms with E-state index in [4.69, 9.17) is 24.1 Å². The van der Waals surface area contributed by atoms with Crippen LogP contribution in [0.2, 0.25) is 0 Å². The molecule has 3 aromatic heterocycles. The molecular formula is C42H51N7O5. The molecule has 5 heterocycles. The first-order valence-electron chi connectivity index (χ1n) is 19.0. The Balaban J connectivity index is 1.11. The number of rotatable bonds is 7. The Morgan fingerprint density at radius 1 is 0.926 bits per heavy atom. The van der Waals surface area contributed by atoms with Crippen molar-refractivity contribution in [1.82, 2.24) is 35.1 Å². The Morgan fingerprint density at radius 3 is 2.31 bits per heavy atom. The summed E-state index contributed by atoms with van der Waals surface area (Å²) in [5.41, 5.74) is 7.11. The van der Waals surface area contributed by atoms with Crippen molar-refractivity contribution in [1.29, 1.82) is 0 Å². The highest BCUT2D eigenvalue weighted by atomic mass is 16.6. The van der Waals surface area contributed by atoms with E-state index in [1.807, 2.05) is 76.4 Å². The van der Waals surface area contributed by atoms with Gasteiger partial charge in [0.2, 0.25) is 0 Å². The van der Waals surface area contributed by atoms with Gasteiger partial charge in [-0.25, -0.2) is 14.5 Å². The van der Waals surface area contributed by atoms with Crippen LogP contribution in [0.1, 0.15) is 119 Å². The van der Waals surface area contributed by atoms with Crippen molar-refractivity contribution in [3.8, 4) is 22.4 Å². The predicted molar refractivity (Wildman–Crippen MR) is 206 cm³/mol. The van der Waals surface area contributed by atoms with Gasteiger partial charge in [0.15, 0.2) is 17.7 Å². The highest BCUT2D eigenvalue weighted by molar-refractivity contribution is 5.94. The summed E-state index contributed by atoms with van der Waals surface area (Å²) in [4.78, 5) is 36.5. The fraction of sp³-hybridized carbons (Fsp3) is 0.476. The molecule has 2 saturated heterocycles. The molecule has 0 spiro atoms. The zero-order valence-corrected chi connectivity index (χ0v) is 32.4. The van der Waals surface area contributed by atoms with Crippen molar-refractivity contribution in [2.45, 2.75) is 110 Å². The molecule has 54 heavy (non-hydrogen) atoms. The van der Waals surface area contributed by atoms with Gasteiger partial charge in [-0.1, -0.05) is 62.3 Å². The first-order valence-corrected chi connectivity index (χ1v) is 19.0. The van der Waals surface area contributed by atoms with Crippen LogP contribution in [0.15, 0.2) is 59.3 Å². The fourth-order valence-electron chi connectivity index (χ4n) is 7.09. The molecular weight excluding hydrogens is 683 g/mol. The zero-order valence-electron chi connectivity index (χ0n) is 32.4. The number of pyridine rings is 1. The number of aromatic nitrogens is 5.